The highest BCUT2D eigenvalue weighted by Crippen LogP contribution is 2.32. The standard InChI is InChI=1S/C17H26BrN3/c1-11-9-13(18)10-14-16(11)21-15(20-14)6-5-12(7-8-19)17(2,3)4/h9-10,12H,5-8,19H2,1-4H3,(H,20,21). The largest absolute Gasteiger partial charge is 0.342 e. The summed E-state index contributed by atoms with van der Waals surface area (Å²) in [5.74, 6) is 1.71. The summed E-state index contributed by atoms with van der Waals surface area (Å²) in [6, 6.07) is 4.21. The van der Waals surface area contributed by atoms with Gasteiger partial charge in [0.1, 0.15) is 5.82 Å². The molecule has 4 heteroatoms. The molecule has 0 saturated heterocycles. The fourth-order valence-corrected chi connectivity index (χ4v) is 3.51. The quantitative estimate of drug-likeness (QED) is 0.828. The number of fused-ring (bicyclic) bond motifs is 1. The van der Waals surface area contributed by atoms with E-state index in [1.807, 2.05) is 0 Å². The molecule has 116 valence electrons. The van der Waals surface area contributed by atoms with Crippen molar-refractivity contribution in [2.45, 2.75) is 47.0 Å². The van der Waals surface area contributed by atoms with Gasteiger partial charge in [0.05, 0.1) is 11.0 Å². The number of hydrogen-bond acceptors (Lipinski definition) is 2. The Morgan fingerprint density at radius 2 is 2.00 bits per heavy atom. The summed E-state index contributed by atoms with van der Waals surface area (Å²) in [5.41, 5.74) is 9.46. The van der Waals surface area contributed by atoms with E-state index >= 15 is 0 Å². The Bertz CT molecular complexity index is 610. The highest BCUT2D eigenvalue weighted by molar-refractivity contribution is 9.10. The molecule has 1 unspecified atom stereocenters. The molecule has 1 atom stereocenters. The molecule has 0 aliphatic heterocycles. The van der Waals surface area contributed by atoms with Crippen LogP contribution in [0.15, 0.2) is 16.6 Å². The third-order valence-corrected chi connectivity index (χ3v) is 4.72. The van der Waals surface area contributed by atoms with E-state index in [1.165, 1.54) is 5.56 Å². The summed E-state index contributed by atoms with van der Waals surface area (Å²) in [6.45, 7) is 9.76. The molecule has 3 nitrogen and oxygen atoms in total. The third kappa shape index (κ3) is 4.07. The number of halogens is 1. The van der Waals surface area contributed by atoms with Crippen molar-refractivity contribution >= 4 is 27.0 Å². The van der Waals surface area contributed by atoms with Gasteiger partial charge in [-0.3, -0.25) is 0 Å². The lowest BCUT2D eigenvalue weighted by Crippen LogP contribution is -2.24. The first-order valence-corrected chi connectivity index (χ1v) is 8.45. The number of hydrogen-bond donors (Lipinski definition) is 2. The first-order valence-electron chi connectivity index (χ1n) is 7.66. The number of rotatable bonds is 5. The molecule has 0 saturated carbocycles. The molecule has 0 fully saturated rings. The van der Waals surface area contributed by atoms with E-state index in [4.69, 9.17) is 10.7 Å². The molecule has 0 aliphatic rings. The van der Waals surface area contributed by atoms with E-state index in [2.05, 4.69) is 60.7 Å². The topological polar surface area (TPSA) is 54.7 Å². The molecule has 1 heterocycles. The lowest BCUT2D eigenvalue weighted by Gasteiger charge is -2.30. The molecular weight excluding hydrogens is 326 g/mol. The van der Waals surface area contributed by atoms with Gasteiger partial charge in [-0.25, -0.2) is 4.98 Å². The van der Waals surface area contributed by atoms with Crippen LogP contribution in [0.2, 0.25) is 0 Å². The van der Waals surface area contributed by atoms with Crippen molar-refractivity contribution in [2.75, 3.05) is 6.54 Å². The van der Waals surface area contributed by atoms with E-state index in [0.29, 0.717) is 11.3 Å². The number of nitrogens with two attached hydrogens (primary N) is 1. The Hall–Kier alpha value is -0.870. The number of nitrogens with zero attached hydrogens (tertiary/aromatic N) is 1. The summed E-state index contributed by atoms with van der Waals surface area (Å²) >= 11 is 3.54. The number of benzene rings is 1. The van der Waals surface area contributed by atoms with Gasteiger partial charge in [-0.2, -0.15) is 0 Å². The molecule has 0 amide bonds. The molecule has 21 heavy (non-hydrogen) atoms. The minimum atomic E-state index is 0.296. The maximum Gasteiger partial charge on any atom is 0.107 e. The van der Waals surface area contributed by atoms with Crippen molar-refractivity contribution in [2.24, 2.45) is 17.1 Å². The molecule has 0 spiro atoms. The van der Waals surface area contributed by atoms with Gasteiger partial charge >= 0.3 is 0 Å². The van der Waals surface area contributed by atoms with Gasteiger partial charge in [0.25, 0.3) is 0 Å². The van der Waals surface area contributed by atoms with Crippen LogP contribution in [-0.2, 0) is 6.42 Å². The monoisotopic (exact) mass is 351 g/mol. The molecule has 1 aromatic carbocycles. The third-order valence-electron chi connectivity index (χ3n) is 4.26. The second-order valence-electron chi connectivity index (χ2n) is 6.98. The molecule has 0 aliphatic carbocycles. The van der Waals surface area contributed by atoms with Crippen molar-refractivity contribution < 1.29 is 0 Å². The van der Waals surface area contributed by atoms with Gasteiger partial charge in [0, 0.05) is 10.9 Å². The van der Waals surface area contributed by atoms with Crippen LogP contribution in [0.5, 0.6) is 0 Å². The van der Waals surface area contributed by atoms with Gasteiger partial charge in [0.15, 0.2) is 0 Å². The van der Waals surface area contributed by atoms with E-state index in [1.54, 1.807) is 0 Å². The maximum atomic E-state index is 5.76. The highest BCUT2D eigenvalue weighted by atomic mass is 79.9. The Labute approximate surface area is 135 Å². The zero-order valence-corrected chi connectivity index (χ0v) is 15.0. The second kappa shape index (κ2) is 6.49. The predicted octanol–water partition coefficient (Wildman–Crippen LogP) is 4.58. The summed E-state index contributed by atoms with van der Waals surface area (Å²) in [4.78, 5) is 8.21. The van der Waals surface area contributed by atoms with Crippen LogP contribution in [0.1, 0.15) is 45.0 Å². The van der Waals surface area contributed by atoms with Crippen LogP contribution in [0.4, 0.5) is 0 Å². The predicted molar refractivity (Wildman–Crippen MR) is 93.5 cm³/mol. The van der Waals surface area contributed by atoms with Crippen LogP contribution in [0.25, 0.3) is 11.0 Å². The van der Waals surface area contributed by atoms with Gasteiger partial charge in [-0.05, 0) is 55.3 Å². The summed E-state index contributed by atoms with van der Waals surface area (Å²) in [5, 5.41) is 0. The van der Waals surface area contributed by atoms with Gasteiger partial charge in [-0.1, -0.05) is 36.7 Å². The maximum absolute atomic E-state index is 5.76. The molecule has 0 bridgehead atoms. The molecule has 3 N–H and O–H groups in total. The Balaban J connectivity index is 2.14. The Morgan fingerprint density at radius 3 is 2.62 bits per heavy atom. The van der Waals surface area contributed by atoms with Crippen molar-refractivity contribution in [3.05, 3.63) is 28.0 Å². The van der Waals surface area contributed by atoms with E-state index in [-0.39, 0.29) is 0 Å². The first kappa shape index (κ1) is 16.5. The van der Waals surface area contributed by atoms with E-state index in [0.717, 1.165) is 47.1 Å². The summed E-state index contributed by atoms with van der Waals surface area (Å²) in [7, 11) is 0. The molecular formula is C17H26BrN3. The zero-order valence-electron chi connectivity index (χ0n) is 13.5. The van der Waals surface area contributed by atoms with Crippen LogP contribution in [-0.4, -0.2) is 16.5 Å². The van der Waals surface area contributed by atoms with Crippen LogP contribution in [0.3, 0.4) is 0 Å². The lowest BCUT2D eigenvalue weighted by molar-refractivity contribution is 0.214. The fourth-order valence-electron chi connectivity index (χ4n) is 2.94. The zero-order chi connectivity index (χ0) is 15.6. The molecule has 0 radical (unpaired) electrons. The average molecular weight is 352 g/mol. The highest BCUT2D eigenvalue weighted by Gasteiger charge is 2.23. The molecule has 2 rings (SSSR count). The summed E-state index contributed by atoms with van der Waals surface area (Å²) < 4.78 is 1.10. The van der Waals surface area contributed by atoms with Crippen molar-refractivity contribution in [3.63, 3.8) is 0 Å². The minimum absolute atomic E-state index is 0.296. The van der Waals surface area contributed by atoms with Crippen molar-refractivity contribution in [1.29, 1.82) is 0 Å². The van der Waals surface area contributed by atoms with Crippen LogP contribution < -0.4 is 5.73 Å². The number of aryl methyl sites for hydroxylation is 2. The number of aromatic amines is 1. The summed E-state index contributed by atoms with van der Waals surface area (Å²) in [6.07, 6.45) is 3.18. The van der Waals surface area contributed by atoms with Gasteiger partial charge < -0.3 is 10.7 Å². The smallest absolute Gasteiger partial charge is 0.107 e. The van der Waals surface area contributed by atoms with Crippen LogP contribution >= 0.6 is 15.9 Å². The second-order valence-corrected chi connectivity index (χ2v) is 7.90. The molecule has 2 aromatic rings. The van der Waals surface area contributed by atoms with E-state index in [9.17, 15) is 0 Å². The van der Waals surface area contributed by atoms with Crippen LogP contribution in [0, 0.1) is 18.3 Å². The first-order chi connectivity index (χ1) is 9.81. The average Bonchev–Trinajstić information content (AvgIpc) is 2.76. The number of aromatic nitrogens is 2. The van der Waals surface area contributed by atoms with E-state index < -0.39 is 0 Å². The lowest BCUT2D eigenvalue weighted by atomic mass is 9.76. The van der Waals surface area contributed by atoms with Gasteiger partial charge in [-0.15, -0.1) is 0 Å². The number of imidazole rings is 1. The SMILES string of the molecule is Cc1cc(Br)cc2[nH]c(CCC(CCN)C(C)(C)C)nc12. The minimum Gasteiger partial charge on any atom is -0.342 e. The molecule has 1 aromatic heterocycles. The number of H-pyrrole nitrogens is 1. The van der Waals surface area contributed by atoms with Crippen molar-refractivity contribution in [1.82, 2.24) is 9.97 Å². The fraction of sp³-hybridized carbons (Fsp3) is 0.588. The van der Waals surface area contributed by atoms with Gasteiger partial charge in [0.2, 0.25) is 0 Å². The normalized spacial score (nSPS) is 13.8. The Kier molecular flexibility index (Phi) is 5.10. The number of nitrogens with one attached hydrogen (secondary N) is 1. The Morgan fingerprint density at radius 1 is 1.29 bits per heavy atom. The van der Waals surface area contributed by atoms with Crippen molar-refractivity contribution in [3.8, 4) is 0 Å².